The van der Waals surface area contributed by atoms with Crippen molar-refractivity contribution in [2.45, 2.75) is 26.3 Å². The summed E-state index contributed by atoms with van der Waals surface area (Å²) in [6.07, 6.45) is 0.821. The average Bonchev–Trinajstić information content (AvgIpc) is 2.34. The molecule has 0 aromatic heterocycles. The minimum atomic E-state index is 0.126. The van der Waals surface area contributed by atoms with Crippen LogP contribution in [0.25, 0.3) is 0 Å². The summed E-state index contributed by atoms with van der Waals surface area (Å²) in [4.78, 5) is 0. The number of ether oxygens (including phenoxy) is 1. The quantitative estimate of drug-likeness (QED) is 0.819. The van der Waals surface area contributed by atoms with Gasteiger partial charge in [-0.1, -0.05) is 17.7 Å². The zero-order valence-electron chi connectivity index (χ0n) is 11.2. The molecule has 3 heteroatoms. The van der Waals surface area contributed by atoms with Crippen LogP contribution in [-0.4, -0.2) is 6.04 Å². The van der Waals surface area contributed by atoms with E-state index in [0.29, 0.717) is 0 Å². The maximum Gasteiger partial charge on any atom is 0.130 e. The van der Waals surface area contributed by atoms with Crippen LogP contribution in [0.2, 0.25) is 0 Å². The minimum absolute atomic E-state index is 0.126. The lowest BCUT2D eigenvalue weighted by Gasteiger charge is -2.13. The number of aryl methyl sites for hydroxylation is 1. The molecule has 0 heterocycles. The Morgan fingerprint density at radius 1 is 1.16 bits per heavy atom. The molecule has 19 heavy (non-hydrogen) atoms. The van der Waals surface area contributed by atoms with Crippen LogP contribution >= 0.6 is 22.6 Å². The molecule has 2 aromatic rings. The van der Waals surface area contributed by atoms with Crippen molar-refractivity contribution in [3.63, 3.8) is 0 Å². The molecular weight excluding hydrogens is 349 g/mol. The van der Waals surface area contributed by atoms with Crippen LogP contribution in [0.3, 0.4) is 0 Å². The van der Waals surface area contributed by atoms with E-state index in [-0.39, 0.29) is 6.04 Å². The van der Waals surface area contributed by atoms with E-state index >= 15 is 0 Å². The summed E-state index contributed by atoms with van der Waals surface area (Å²) in [5, 5.41) is 0. The van der Waals surface area contributed by atoms with Crippen LogP contribution < -0.4 is 10.5 Å². The summed E-state index contributed by atoms with van der Waals surface area (Å²) >= 11 is 2.28. The molecule has 100 valence electrons. The van der Waals surface area contributed by atoms with Gasteiger partial charge in [0.25, 0.3) is 0 Å². The number of halogens is 1. The molecule has 0 aliphatic rings. The Kier molecular flexibility index (Phi) is 4.82. The molecule has 0 amide bonds. The van der Waals surface area contributed by atoms with E-state index in [1.165, 1.54) is 9.13 Å². The van der Waals surface area contributed by atoms with Gasteiger partial charge in [0.15, 0.2) is 0 Å². The fraction of sp³-hybridized carbons (Fsp3) is 0.250. The third-order valence-electron chi connectivity index (χ3n) is 2.80. The number of rotatable bonds is 4. The Hall–Kier alpha value is -1.07. The number of hydrogen-bond acceptors (Lipinski definition) is 2. The Morgan fingerprint density at radius 2 is 1.84 bits per heavy atom. The molecule has 2 nitrogen and oxygen atoms in total. The van der Waals surface area contributed by atoms with Crippen molar-refractivity contribution in [1.82, 2.24) is 0 Å². The monoisotopic (exact) mass is 367 g/mol. The van der Waals surface area contributed by atoms with Crippen molar-refractivity contribution in [1.29, 1.82) is 0 Å². The van der Waals surface area contributed by atoms with Crippen LogP contribution in [0, 0.1) is 10.5 Å². The second kappa shape index (κ2) is 6.39. The standard InChI is InChI=1S/C16H18INO/c1-11-3-8-16(13(9-11)10-12(2)18)19-15-6-4-14(17)5-7-15/h3-9,12H,10,18H2,1-2H3. The normalized spacial score (nSPS) is 12.2. The van der Waals surface area contributed by atoms with Crippen LogP contribution in [0.15, 0.2) is 42.5 Å². The second-order valence-electron chi connectivity index (χ2n) is 4.85. The molecule has 2 rings (SSSR count). The zero-order valence-corrected chi connectivity index (χ0v) is 13.3. The van der Waals surface area contributed by atoms with Gasteiger partial charge in [-0.05, 0) is 78.8 Å². The predicted octanol–water partition coefficient (Wildman–Crippen LogP) is 4.28. The third-order valence-corrected chi connectivity index (χ3v) is 3.52. The van der Waals surface area contributed by atoms with E-state index in [4.69, 9.17) is 10.5 Å². The van der Waals surface area contributed by atoms with Gasteiger partial charge in [-0.3, -0.25) is 0 Å². The summed E-state index contributed by atoms with van der Waals surface area (Å²) < 4.78 is 7.16. The van der Waals surface area contributed by atoms with Crippen molar-refractivity contribution in [3.05, 3.63) is 57.2 Å². The van der Waals surface area contributed by atoms with Crippen molar-refractivity contribution in [2.75, 3.05) is 0 Å². The summed E-state index contributed by atoms with van der Waals surface area (Å²) in [5.41, 5.74) is 8.29. The lowest BCUT2D eigenvalue weighted by Crippen LogP contribution is -2.18. The summed E-state index contributed by atoms with van der Waals surface area (Å²) in [6, 6.07) is 14.4. The van der Waals surface area contributed by atoms with Gasteiger partial charge in [0.2, 0.25) is 0 Å². The first-order chi connectivity index (χ1) is 9.04. The molecule has 0 radical (unpaired) electrons. The maximum atomic E-state index is 5.96. The van der Waals surface area contributed by atoms with Gasteiger partial charge in [-0.2, -0.15) is 0 Å². The molecular formula is C16H18INO. The molecule has 0 fully saturated rings. The number of hydrogen-bond donors (Lipinski definition) is 1. The van der Waals surface area contributed by atoms with Crippen molar-refractivity contribution < 1.29 is 4.74 Å². The second-order valence-corrected chi connectivity index (χ2v) is 6.09. The predicted molar refractivity (Wildman–Crippen MR) is 87.8 cm³/mol. The highest BCUT2D eigenvalue weighted by molar-refractivity contribution is 14.1. The first kappa shape index (κ1) is 14.3. The molecule has 2 aromatic carbocycles. The van der Waals surface area contributed by atoms with E-state index in [0.717, 1.165) is 23.5 Å². The number of nitrogens with two attached hydrogens (primary N) is 1. The van der Waals surface area contributed by atoms with Crippen LogP contribution in [0.5, 0.6) is 11.5 Å². The van der Waals surface area contributed by atoms with Gasteiger partial charge >= 0.3 is 0 Å². The largest absolute Gasteiger partial charge is 0.457 e. The summed E-state index contributed by atoms with van der Waals surface area (Å²) in [7, 11) is 0. The molecule has 2 N–H and O–H groups in total. The SMILES string of the molecule is Cc1ccc(Oc2ccc(I)cc2)c(CC(C)N)c1. The fourth-order valence-corrected chi connectivity index (χ4v) is 2.30. The van der Waals surface area contributed by atoms with E-state index < -0.39 is 0 Å². The Morgan fingerprint density at radius 3 is 2.47 bits per heavy atom. The van der Waals surface area contributed by atoms with Crippen LogP contribution in [-0.2, 0) is 6.42 Å². The average molecular weight is 367 g/mol. The molecule has 1 unspecified atom stereocenters. The van der Waals surface area contributed by atoms with Gasteiger partial charge in [-0.15, -0.1) is 0 Å². The molecule has 0 saturated carbocycles. The van der Waals surface area contributed by atoms with E-state index in [1.54, 1.807) is 0 Å². The van der Waals surface area contributed by atoms with Gasteiger partial charge in [-0.25, -0.2) is 0 Å². The van der Waals surface area contributed by atoms with Gasteiger partial charge in [0.1, 0.15) is 11.5 Å². The van der Waals surface area contributed by atoms with Crippen molar-refractivity contribution in [2.24, 2.45) is 5.73 Å². The zero-order chi connectivity index (χ0) is 13.8. The lowest BCUT2D eigenvalue weighted by molar-refractivity contribution is 0.473. The van der Waals surface area contributed by atoms with E-state index in [9.17, 15) is 0 Å². The molecule has 0 saturated heterocycles. The molecule has 0 spiro atoms. The van der Waals surface area contributed by atoms with Crippen molar-refractivity contribution in [3.8, 4) is 11.5 Å². The molecule has 0 aliphatic carbocycles. The van der Waals surface area contributed by atoms with E-state index in [2.05, 4.69) is 41.6 Å². The molecule has 0 aliphatic heterocycles. The first-order valence-electron chi connectivity index (χ1n) is 6.33. The highest BCUT2D eigenvalue weighted by Crippen LogP contribution is 2.27. The Labute approximate surface area is 128 Å². The first-order valence-corrected chi connectivity index (χ1v) is 7.41. The van der Waals surface area contributed by atoms with Gasteiger partial charge in [0.05, 0.1) is 0 Å². The van der Waals surface area contributed by atoms with Gasteiger partial charge in [0, 0.05) is 9.61 Å². The summed E-state index contributed by atoms with van der Waals surface area (Å²) in [5.74, 6) is 1.75. The molecule has 1 atom stereocenters. The van der Waals surface area contributed by atoms with Crippen molar-refractivity contribution >= 4 is 22.6 Å². The Balaban J connectivity index is 2.26. The highest BCUT2D eigenvalue weighted by atomic mass is 127. The van der Waals surface area contributed by atoms with Gasteiger partial charge < -0.3 is 10.5 Å². The number of benzene rings is 2. The summed E-state index contributed by atoms with van der Waals surface area (Å²) in [6.45, 7) is 4.09. The lowest BCUT2D eigenvalue weighted by atomic mass is 10.0. The topological polar surface area (TPSA) is 35.2 Å². The Bertz CT molecular complexity index is 549. The van der Waals surface area contributed by atoms with Crippen LogP contribution in [0.1, 0.15) is 18.1 Å². The smallest absolute Gasteiger partial charge is 0.130 e. The minimum Gasteiger partial charge on any atom is -0.457 e. The third kappa shape index (κ3) is 4.21. The van der Waals surface area contributed by atoms with Crippen LogP contribution in [0.4, 0.5) is 0 Å². The molecule has 0 bridgehead atoms. The highest BCUT2D eigenvalue weighted by Gasteiger charge is 2.07. The fourth-order valence-electron chi connectivity index (χ4n) is 1.94. The van der Waals surface area contributed by atoms with E-state index in [1.807, 2.05) is 37.3 Å². The maximum absolute atomic E-state index is 5.96.